The Labute approximate surface area is 311 Å². The van der Waals surface area contributed by atoms with Crippen molar-refractivity contribution in [3.05, 3.63) is 74.9 Å². The summed E-state index contributed by atoms with van der Waals surface area (Å²) in [4.78, 5) is 29.6. The van der Waals surface area contributed by atoms with E-state index >= 15 is 0 Å². The number of aromatic nitrogens is 2. The van der Waals surface area contributed by atoms with Crippen molar-refractivity contribution in [3.63, 3.8) is 0 Å². The number of aryl methyl sites for hydroxylation is 1. The first-order valence-corrected chi connectivity index (χ1v) is 19.8. The molecule has 6 rings (SSSR count). The Hall–Kier alpha value is -3.93. The number of halogens is 1. The van der Waals surface area contributed by atoms with Gasteiger partial charge >= 0.3 is 12.1 Å². The molecule has 0 saturated carbocycles. The van der Waals surface area contributed by atoms with E-state index in [-0.39, 0.29) is 13.1 Å². The third-order valence-corrected chi connectivity index (χ3v) is 11.1. The molecule has 1 unspecified atom stereocenters. The van der Waals surface area contributed by atoms with Crippen LogP contribution in [0.1, 0.15) is 60.7 Å². The van der Waals surface area contributed by atoms with Crippen molar-refractivity contribution in [1.82, 2.24) is 23.9 Å². The van der Waals surface area contributed by atoms with E-state index in [4.69, 9.17) is 30.9 Å². The summed E-state index contributed by atoms with van der Waals surface area (Å²) in [6, 6.07) is 10.5. The molecule has 278 valence electrons. The van der Waals surface area contributed by atoms with Gasteiger partial charge in [-0.3, -0.25) is 14.5 Å². The molecule has 3 aliphatic heterocycles. The van der Waals surface area contributed by atoms with E-state index in [2.05, 4.69) is 16.7 Å². The first-order chi connectivity index (χ1) is 24.7. The van der Waals surface area contributed by atoms with Gasteiger partial charge in [-0.1, -0.05) is 35.6 Å². The highest BCUT2D eigenvalue weighted by Gasteiger charge is 2.38. The minimum Gasteiger partial charge on any atom is -0.467 e. The highest BCUT2D eigenvalue weighted by atomic mass is 35.5. The zero-order chi connectivity index (χ0) is 37.2. The maximum Gasteiger partial charge on any atom is 0.411 e. The number of esters is 1. The molecule has 14 heteroatoms. The molecule has 0 N–H and O–H groups in total. The lowest BCUT2D eigenvalue weighted by molar-refractivity contribution is -0.147. The van der Waals surface area contributed by atoms with Crippen LogP contribution in [0.4, 0.5) is 4.79 Å². The number of hydrogen-bond donors (Lipinski definition) is 0. The smallest absolute Gasteiger partial charge is 0.411 e. The second-order valence-electron chi connectivity index (χ2n) is 14.4. The summed E-state index contributed by atoms with van der Waals surface area (Å²) in [5.74, 6) is 5.94. The number of fused-ring (bicyclic) bond motifs is 2. The standard InChI is InChI=1S/C38H46ClN5O7S/c1-38(2,3)51-37(46)43-24-30-21-26(7-9-27(30)23-34(43)36(45)49-4)8-10-28-22-29(11-12-32(28)39)35-31-25-42(52(5,47)48)16-13-33(31)44(40-35)15-6-14-41-17-19-50-20-18-41/h7,9,11-12,21-22,34H,6,13-20,23-25H2,1-5H3. The van der Waals surface area contributed by atoms with Gasteiger partial charge in [0.05, 0.1) is 43.8 Å². The van der Waals surface area contributed by atoms with Crippen LogP contribution >= 0.6 is 11.6 Å². The van der Waals surface area contributed by atoms with E-state index in [0.717, 1.165) is 79.5 Å². The van der Waals surface area contributed by atoms with E-state index in [1.807, 2.05) is 35.0 Å². The van der Waals surface area contributed by atoms with Crippen LogP contribution in [0, 0.1) is 11.8 Å². The molecule has 3 aromatic rings. The molecular formula is C38H46ClN5O7S. The average molecular weight is 752 g/mol. The minimum absolute atomic E-state index is 0.167. The summed E-state index contributed by atoms with van der Waals surface area (Å²) in [6.45, 7) is 11.2. The van der Waals surface area contributed by atoms with Crippen LogP contribution in [0.15, 0.2) is 36.4 Å². The highest BCUT2D eigenvalue weighted by Crippen LogP contribution is 2.33. The molecule has 0 bridgehead atoms. The van der Waals surface area contributed by atoms with Crippen LogP contribution in [0.5, 0.6) is 0 Å². The van der Waals surface area contributed by atoms with E-state index < -0.39 is 33.7 Å². The molecule has 12 nitrogen and oxygen atoms in total. The van der Waals surface area contributed by atoms with Crippen molar-refractivity contribution < 1.29 is 32.2 Å². The quantitative estimate of drug-likeness (QED) is 0.254. The maximum absolute atomic E-state index is 13.1. The van der Waals surface area contributed by atoms with Gasteiger partial charge in [0.2, 0.25) is 10.0 Å². The number of ether oxygens (including phenoxy) is 3. The molecule has 1 atom stereocenters. The third-order valence-electron chi connectivity index (χ3n) is 9.53. The maximum atomic E-state index is 13.1. The average Bonchev–Trinajstić information content (AvgIpc) is 3.47. The predicted molar refractivity (Wildman–Crippen MR) is 197 cm³/mol. The Morgan fingerprint density at radius 3 is 2.50 bits per heavy atom. The Morgan fingerprint density at radius 1 is 1.02 bits per heavy atom. The number of hydrogen-bond acceptors (Lipinski definition) is 9. The molecule has 3 aliphatic rings. The number of carbonyl (C=O) groups excluding carboxylic acids is 2. The van der Waals surface area contributed by atoms with Crippen LogP contribution in [-0.4, -0.2) is 109 Å². The zero-order valence-electron chi connectivity index (χ0n) is 30.4. The molecule has 0 spiro atoms. The Balaban J connectivity index is 1.27. The lowest BCUT2D eigenvalue weighted by atomic mass is 9.92. The number of methoxy groups -OCH3 is 1. The monoisotopic (exact) mass is 751 g/mol. The topological polar surface area (TPSA) is 124 Å². The van der Waals surface area contributed by atoms with Crippen molar-refractivity contribution in [2.45, 2.75) is 71.3 Å². The van der Waals surface area contributed by atoms with Gasteiger partial charge in [0.1, 0.15) is 11.6 Å². The van der Waals surface area contributed by atoms with Gasteiger partial charge in [0.15, 0.2) is 0 Å². The number of amides is 1. The highest BCUT2D eigenvalue weighted by molar-refractivity contribution is 7.88. The normalized spacial score (nSPS) is 18.2. The van der Waals surface area contributed by atoms with Gasteiger partial charge < -0.3 is 14.2 Å². The number of rotatable bonds is 7. The van der Waals surface area contributed by atoms with Crippen LogP contribution < -0.4 is 0 Å². The van der Waals surface area contributed by atoms with Gasteiger partial charge in [-0.15, -0.1) is 0 Å². The van der Waals surface area contributed by atoms with Crippen LogP contribution in [0.25, 0.3) is 11.3 Å². The van der Waals surface area contributed by atoms with Crippen LogP contribution in [0.2, 0.25) is 5.02 Å². The predicted octanol–water partition coefficient (Wildman–Crippen LogP) is 4.48. The van der Waals surface area contributed by atoms with E-state index in [1.165, 1.54) is 22.6 Å². The first-order valence-electron chi connectivity index (χ1n) is 17.5. The lowest BCUT2D eigenvalue weighted by Crippen LogP contribution is -2.50. The molecule has 1 amide bonds. The number of carbonyl (C=O) groups is 2. The minimum atomic E-state index is -3.39. The second-order valence-corrected chi connectivity index (χ2v) is 16.8. The van der Waals surface area contributed by atoms with Crippen molar-refractivity contribution in [1.29, 1.82) is 0 Å². The summed E-state index contributed by atoms with van der Waals surface area (Å²) in [6.07, 6.45) is 2.45. The van der Waals surface area contributed by atoms with Crippen molar-refractivity contribution in [2.75, 3.05) is 52.8 Å². The van der Waals surface area contributed by atoms with Gasteiger partial charge in [-0.2, -0.15) is 9.40 Å². The second kappa shape index (κ2) is 15.6. The Kier molecular flexibility index (Phi) is 11.3. The molecular weight excluding hydrogens is 706 g/mol. The Bertz CT molecular complexity index is 2010. The molecule has 1 fully saturated rings. The number of sulfonamides is 1. The van der Waals surface area contributed by atoms with Crippen molar-refractivity contribution in [2.24, 2.45) is 0 Å². The molecule has 0 radical (unpaired) electrons. The van der Waals surface area contributed by atoms with E-state index in [1.54, 1.807) is 26.8 Å². The summed E-state index contributed by atoms with van der Waals surface area (Å²) in [5, 5.41) is 5.53. The van der Waals surface area contributed by atoms with Gasteiger partial charge in [-0.05, 0) is 62.6 Å². The van der Waals surface area contributed by atoms with Crippen molar-refractivity contribution >= 4 is 33.7 Å². The zero-order valence-corrected chi connectivity index (χ0v) is 32.0. The summed E-state index contributed by atoms with van der Waals surface area (Å²) < 4.78 is 44.8. The first kappa shape index (κ1) is 37.8. The SMILES string of the molecule is COC(=O)C1Cc2ccc(C#Cc3cc(-c4nn(CCCN5CCOCC5)c5c4CN(S(C)(=O)=O)CC5)ccc3Cl)cc2CN1C(=O)OC(C)(C)C. The van der Waals surface area contributed by atoms with Crippen LogP contribution in [-0.2, 0) is 61.5 Å². The molecule has 52 heavy (non-hydrogen) atoms. The molecule has 2 aromatic carbocycles. The molecule has 1 aromatic heterocycles. The summed E-state index contributed by atoms with van der Waals surface area (Å²) >= 11 is 6.67. The summed E-state index contributed by atoms with van der Waals surface area (Å²) in [7, 11) is -2.09. The number of benzene rings is 2. The molecule has 0 aliphatic carbocycles. The van der Waals surface area contributed by atoms with Gasteiger partial charge in [-0.25, -0.2) is 18.0 Å². The van der Waals surface area contributed by atoms with E-state index in [9.17, 15) is 18.0 Å². The fraction of sp³-hybridized carbons (Fsp3) is 0.500. The third kappa shape index (κ3) is 8.81. The Morgan fingerprint density at radius 2 is 1.79 bits per heavy atom. The van der Waals surface area contributed by atoms with Crippen molar-refractivity contribution in [3.8, 4) is 23.1 Å². The van der Waals surface area contributed by atoms with Gasteiger partial charge in [0.25, 0.3) is 0 Å². The fourth-order valence-corrected chi connectivity index (χ4v) is 7.82. The molecule has 1 saturated heterocycles. The number of nitrogens with zero attached hydrogens (tertiary/aromatic N) is 5. The molecule has 4 heterocycles. The lowest BCUT2D eigenvalue weighted by Gasteiger charge is -2.36. The summed E-state index contributed by atoms with van der Waals surface area (Å²) in [5.41, 5.74) is 5.86. The number of morpholine rings is 1. The van der Waals surface area contributed by atoms with E-state index in [0.29, 0.717) is 35.5 Å². The van der Waals surface area contributed by atoms with Crippen LogP contribution in [0.3, 0.4) is 0 Å². The fourth-order valence-electron chi connectivity index (χ4n) is 6.86. The largest absolute Gasteiger partial charge is 0.467 e. The van der Waals surface area contributed by atoms with Gasteiger partial charge in [0, 0.05) is 80.1 Å².